The van der Waals surface area contributed by atoms with Gasteiger partial charge in [0.1, 0.15) is 12.6 Å². The number of anilines is 1. The number of rotatable bonds is 7. The van der Waals surface area contributed by atoms with Gasteiger partial charge in [0.25, 0.3) is 0 Å². The summed E-state index contributed by atoms with van der Waals surface area (Å²) in [5, 5.41) is 14.4. The first kappa shape index (κ1) is 23.0. The smallest absolute Gasteiger partial charge is 0.407 e. The van der Waals surface area contributed by atoms with E-state index in [0.717, 1.165) is 22.3 Å². The maximum absolute atomic E-state index is 12.8. The van der Waals surface area contributed by atoms with Crippen molar-refractivity contribution in [2.75, 3.05) is 11.9 Å². The topological polar surface area (TPSA) is 105 Å². The summed E-state index contributed by atoms with van der Waals surface area (Å²) in [5.41, 5.74) is 5.06. The third-order valence-electron chi connectivity index (χ3n) is 5.97. The number of alkyl carbamates (subject to hydrolysis) is 1. The number of fused-ring (bicyclic) bond motifs is 3. The van der Waals surface area contributed by atoms with Crippen LogP contribution in [-0.4, -0.2) is 35.7 Å². The summed E-state index contributed by atoms with van der Waals surface area (Å²) in [7, 11) is 0. The Morgan fingerprint density at radius 3 is 1.97 bits per heavy atom. The Bertz CT molecular complexity index is 1170. The lowest BCUT2D eigenvalue weighted by molar-refractivity contribution is -0.119. The number of carbonyl (C=O) groups is 3. The fourth-order valence-electron chi connectivity index (χ4n) is 4.22. The van der Waals surface area contributed by atoms with E-state index < -0.39 is 24.0 Å². The van der Waals surface area contributed by atoms with E-state index in [4.69, 9.17) is 9.84 Å². The molecule has 0 aromatic heterocycles. The number of hydrogen-bond donors (Lipinski definition) is 3. The molecule has 34 heavy (non-hydrogen) atoms. The predicted octanol–water partition coefficient (Wildman–Crippen LogP) is 4.89. The average Bonchev–Trinajstić information content (AvgIpc) is 3.15. The van der Waals surface area contributed by atoms with Crippen molar-refractivity contribution >= 4 is 23.7 Å². The molecule has 7 nitrogen and oxygen atoms in total. The maximum Gasteiger partial charge on any atom is 0.407 e. The van der Waals surface area contributed by atoms with Gasteiger partial charge in [-0.3, -0.25) is 4.79 Å². The van der Waals surface area contributed by atoms with Gasteiger partial charge in [-0.25, -0.2) is 9.59 Å². The van der Waals surface area contributed by atoms with Crippen LogP contribution in [-0.2, 0) is 9.53 Å². The number of carboxylic acid groups (broad SMARTS) is 1. The quantitative estimate of drug-likeness (QED) is 0.468. The molecule has 1 aliphatic rings. The van der Waals surface area contributed by atoms with Gasteiger partial charge in [-0.1, -0.05) is 62.4 Å². The van der Waals surface area contributed by atoms with Crippen molar-refractivity contribution in [3.05, 3.63) is 89.5 Å². The molecule has 4 rings (SSSR count). The highest BCUT2D eigenvalue weighted by Gasteiger charge is 2.30. The summed E-state index contributed by atoms with van der Waals surface area (Å²) in [6.07, 6.45) is -0.670. The second-order valence-corrected chi connectivity index (χ2v) is 8.56. The lowest BCUT2D eigenvalue weighted by atomic mass is 9.98. The largest absolute Gasteiger partial charge is 0.478 e. The number of carbonyl (C=O) groups excluding carboxylic acids is 2. The zero-order valence-corrected chi connectivity index (χ0v) is 18.9. The van der Waals surface area contributed by atoms with Gasteiger partial charge in [0.2, 0.25) is 5.91 Å². The molecule has 3 aromatic carbocycles. The zero-order chi connectivity index (χ0) is 24.2. The Morgan fingerprint density at radius 2 is 1.44 bits per heavy atom. The Balaban J connectivity index is 1.40. The number of hydrogen-bond acceptors (Lipinski definition) is 4. The SMILES string of the molecule is CC(C)[C@H](NC(=O)OCC1c2ccccc2-c2ccccc21)C(=O)Nc1ccc(C(=O)O)cc1. The highest BCUT2D eigenvalue weighted by Crippen LogP contribution is 2.44. The molecule has 0 unspecified atom stereocenters. The van der Waals surface area contributed by atoms with Gasteiger partial charge in [0.05, 0.1) is 5.56 Å². The van der Waals surface area contributed by atoms with Gasteiger partial charge in [0, 0.05) is 11.6 Å². The van der Waals surface area contributed by atoms with Crippen molar-refractivity contribution in [1.29, 1.82) is 0 Å². The van der Waals surface area contributed by atoms with Gasteiger partial charge in [-0.2, -0.15) is 0 Å². The summed E-state index contributed by atoms with van der Waals surface area (Å²) in [4.78, 5) is 36.4. The van der Waals surface area contributed by atoms with Crippen LogP contribution in [0.4, 0.5) is 10.5 Å². The number of aromatic carboxylic acids is 1. The first-order valence-corrected chi connectivity index (χ1v) is 11.1. The Labute approximate surface area is 197 Å². The van der Waals surface area contributed by atoms with E-state index in [-0.39, 0.29) is 24.0 Å². The third-order valence-corrected chi connectivity index (χ3v) is 5.97. The minimum absolute atomic E-state index is 0.0720. The third kappa shape index (κ3) is 4.78. The minimum atomic E-state index is -1.05. The van der Waals surface area contributed by atoms with Crippen LogP contribution in [0.3, 0.4) is 0 Å². The van der Waals surface area contributed by atoms with E-state index in [1.165, 1.54) is 24.3 Å². The first-order valence-electron chi connectivity index (χ1n) is 11.1. The molecule has 0 heterocycles. The highest BCUT2D eigenvalue weighted by atomic mass is 16.5. The summed E-state index contributed by atoms with van der Waals surface area (Å²) in [6.45, 7) is 3.80. The van der Waals surface area contributed by atoms with Crippen molar-refractivity contribution in [3.63, 3.8) is 0 Å². The van der Waals surface area contributed by atoms with E-state index in [2.05, 4.69) is 22.8 Å². The molecule has 3 N–H and O–H groups in total. The van der Waals surface area contributed by atoms with E-state index in [0.29, 0.717) is 5.69 Å². The molecule has 2 amide bonds. The fraction of sp³-hybridized carbons (Fsp3) is 0.222. The Kier molecular flexibility index (Phi) is 6.63. The van der Waals surface area contributed by atoms with E-state index in [9.17, 15) is 14.4 Å². The lowest BCUT2D eigenvalue weighted by Crippen LogP contribution is -2.47. The van der Waals surface area contributed by atoms with Crippen LogP contribution in [0.5, 0.6) is 0 Å². The molecular formula is C27H26N2O5. The molecule has 7 heteroatoms. The first-order chi connectivity index (χ1) is 16.3. The summed E-state index contributed by atoms with van der Waals surface area (Å²) < 4.78 is 5.57. The molecule has 3 aromatic rings. The average molecular weight is 459 g/mol. The van der Waals surface area contributed by atoms with Crippen LogP contribution in [0.1, 0.15) is 41.3 Å². The molecule has 0 fully saturated rings. The standard InChI is InChI=1S/C27H26N2O5/c1-16(2)24(25(30)28-18-13-11-17(12-14-18)26(31)32)29-27(33)34-15-23-21-9-5-3-7-19(21)20-8-4-6-10-22(20)23/h3-14,16,23-24H,15H2,1-2H3,(H,28,30)(H,29,33)(H,31,32)/t24-/m0/s1. The van der Waals surface area contributed by atoms with Gasteiger partial charge in [-0.05, 0) is 52.4 Å². The molecule has 0 spiro atoms. The van der Waals surface area contributed by atoms with Gasteiger partial charge < -0.3 is 20.5 Å². The summed E-state index contributed by atoms with van der Waals surface area (Å²) in [5.74, 6) is -1.72. The number of benzene rings is 3. The van der Waals surface area contributed by atoms with Crippen LogP contribution < -0.4 is 10.6 Å². The van der Waals surface area contributed by atoms with E-state index >= 15 is 0 Å². The maximum atomic E-state index is 12.8. The van der Waals surface area contributed by atoms with Gasteiger partial charge in [-0.15, -0.1) is 0 Å². The number of ether oxygens (including phenoxy) is 1. The molecule has 0 saturated carbocycles. The van der Waals surface area contributed by atoms with Gasteiger partial charge >= 0.3 is 12.1 Å². The fourth-order valence-corrected chi connectivity index (χ4v) is 4.22. The highest BCUT2D eigenvalue weighted by molar-refractivity contribution is 5.97. The minimum Gasteiger partial charge on any atom is -0.478 e. The molecular weight excluding hydrogens is 432 g/mol. The summed E-state index contributed by atoms with van der Waals surface area (Å²) >= 11 is 0. The molecule has 0 saturated heterocycles. The molecule has 1 aliphatic carbocycles. The van der Waals surface area contributed by atoms with Crippen molar-refractivity contribution in [1.82, 2.24) is 5.32 Å². The van der Waals surface area contributed by atoms with Crippen molar-refractivity contribution in [2.24, 2.45) is 5.92 Å². The van der Waals surface area contributed by atoms with E-state index in [1.54, 1.807) is 0 Å². The Hall–Kier alpha value is -4.13. The van der Waals surface area contributed by atoms with E-state index in [1.807, 2.05) is 50.2 Å². The van der Waals surface area contributed by atoms with Crippen LogP contribution >= 0.6 is 0 Å². The Morgan fingerprint density at radius 1 is 0.882 bits per heavy atom. The molecule has 1 atom stereocenters. The predicted molar refractivity (Wildman–Crippen MR) is 129 cm³/mol. The van der Waals surface area contributed by atoms with Crippen LogP contribution in [0.25, 0.3) is 11.1 Å². The van der Waals surface area contributed by atoms with Crippen molar-refractivity contribution in [2.45, 2.75) is 25.8 Å². The number of carboxylic acids is 1. The zero-order valence-electron chi connectivity index (χ0n) is 18.9. The second kappa shape index (κ2) is 9.79. The second-order valence-electron chi connectivity index (χ2n) is 8.56. The number of nitrogens with one attached hydrogen (secondary N) is 2. The van der Waals surface area contributed by atoms with Crippen LogP contribution in [0.2, 0.25) is 0 Å². The summed E-state index contributed by atoms with van der Waals surface area (Å²) in [6, 6.07) is 21.1. The van der Waals surface area contributed by atoms with Gasteiger partial charge in [0.15, 0.2) is 0 Å². The molecule has 174 valence electrons. The molecule has 0 aliphatic heterocycles. The van der Waals surface area contributed by atoms with Crippen LogP contribution in [0.15, 0.2) is 72.8 Å². The molecule has 0 radical (unpaired) electrons. The number of amides is 2. The normalized spacial score (nSPS) is 13.0. The molecule has 0 bridgehead atoms. The van der Waals surface area contributed by atoms with Crippen molar-refractivity contribution < 1.29 is 24.2 Å². The van der Waals surface area contributed by atoms with Crippen LogP contribution in [0, 0.1) is 5.92 Å². The lowest BCUT2D eigenvalue weighted by Gasteiger charge is -2.22. The monoisotopic (exact) mass is 458 g/mol. The van der Waals surface area contributed by atoms with Crippen molar-refractivity contribution in [3.8, 4) is 11.1 Å².